The van der Waals surface area contributed by atoms with E-state index in [1.165, 1.54) is 173 Å². The van der Waals surface area contributed by atoms with Gasteiger partial charge in [-0.25, -0.2) is 9.13 Å². The summed E-state index contributed by atoms with van der Waals surface area (Å²) in [5.41, 5.74) is 0. The average molecular weight is 1600 g/mol. The molecule has 5 unspecified atom stereocenters. The molecule has 0 aliphatic heterocycles. The Kier molecular flexibility index (Phi) is 81.8. The van der Waals surface area contributed by atoms with Crippen LogP contribution in [0.2, 0.25) is 0 Å². The van der Waals surface area contributed by atoms with Gasteiger partial charge in [0.25, 0.3) is 0 Å². The standard InChI is InChI=1S/C93H162O16P2/c1-4-7-10-13-16-19-22-24-26-28-30-32-34-36-38-40-42-43-45-47-48-50-52-54-56-58-60-62-65-67-70-73-76-79-91(96)103-82-88(94)83-105-110(99,100)106-84-89(95)85-107-111(101,102)108-87-90(109-93(98)81-78-75-72-69-64-21-18-15-12-9-6-3)86-104-92(97)80-77-74-71-68-66-63-61-59-57-55-53-51-49-46-44-41-39-37-35-33-31-29-27-25-23-20-17-14-11-8-5-2/h8,11,15-20,24-27,30-33,36-39,44,46,88-90,94-95H,4-7,9-10,12-14,21-23,28-29,34-35,40-43,45,47-87H2,1-3H3,(H,99,100)(H,101,102)/b11-8-,18-15-,19-16-,20-17-,26-24-,27-25-,32-30-,33-31-,38-36-,39-37-,46-44-. The number of hydrogen-bond acceptors (Lipinski definition) is 14. The van der Waals surface area contributed by atoms with Gasteiger partial charge in [0, 0.05) is 19.3 Å². The van der Waals surface area contributed by atoms with Gasteiger partial charge in [0.2, 0.25) is 0 Å². The fraction of sp³-hybridized carbons (Fsp3) is 0.731. The second-order valence-electron chi connectivity index (χ2n) is 29.7. The van der Waals surface area contributed by atoms with Gasteiger partial charge in [0.05, 0.1) is 26.4 Å². The highest BCUT2D eigenvalue weighted by Crippen LogP contribution is 2.45. The van der Waals surface area contributed by atoms with Crippen LogP contribution in [0.5, 0.6) is 0 Å². The van der Waals surface area contributed by atoms with Gasteiger partial charge >= 0.3 is 33.6 Å². The van der Waals surface area contributed by atoms with Crippen LogP contribution in [0, 0.1) is 0 Å². The van der Waals surface area contributed by atoms with Crippen LogP contribution in [-0.4, -0.2) is 95.9 Å². The molecule has 18 heteroatoms. The first-order valence-electron chi connectivity index (χ1n) is 44.5. The number of phosphoric ester groups is 2. The van der Waals surface area contributed by atoms with E-state index < -0.39 is 91.5 Å². The number of carbonyl (C=O) groups is 3. The van der Waals surface area contributed by atoms with E-state index >= 15 is 0 Å². The van der Waals surface area contributed by atoms with Crippen molar-refractivity contribution in [3.8, 4) is 0 Å². The Bertz CT molecular complexity index is 2550. The summed E-state index contributed by atoms with van der Waals surface area (Å²) in [6.45, 7) is 2.52. The molecule has 0 spiro atoms. The molecule has 0 saturated carbocycles. The van der Waals surface area contributed by atoms with E-state index in [1.807, 2.05) is 0 Å². The van der Waals surface area contributed by atoms with Crippen LogP contribution in [0.25, 0.3) is 0 Å². The summed E-state index contributed by atoms with van der Waals surface area (Å²) < 4.78 is 61.2. The monoisotopic (exact) mass is 1600 g/mol. The van der Waals surface area contributed by atoms with Crippen molar-refractivity contribution in [1.29, 1.82) is 0 Å². The molecular weight excluding hydrogens is 1430 g/mol. The summed E-state index contributed by atoms with van der Waals surface area (Å²) in [6.07, 6.45) is 105. The Morgan fingerprint density at radius 3 is 0.793 bits per heavy atom. The van der Waals surface area contributed by atoms with Crippen LogP contribution in [-0.2, 0) is 55.8 Å². The van der Waals surface area contributed by atoms with E-state index in [-0.39, 0.29) is 19.3 Å². The van der Waals surface area contributed by atoms with Crippen LogP contribution in [0.15, 0.2) is 134 Å². The predicted octanol–water partition coefficient (Wildman–Crippen LogP) is 27.0. The Balaban J connectivity index is 4.36. The van der Waals surface area contributed by atoms with Crippen LogP contribution in [0.1, 0.15) is 380 Å². The topological polar surface area (TPSA) is 231 Å². The molecule has 640 valence electrons. The smallest absolute Gasteiger partial charge is 0.463 e. The highest BCUT2D eigenvalue weighted by Gasteiger charge is 2.29. The number of hydrogen-bond donors (Lipinski definition) is 4. The molecule has 0 aromatic heterocycles. The Hall–Kier alpha value is -4.31. The first-order valence-corrected chi connectivity index (χ1v) is 47.5. The van der Waals surface area contributed by atoms with Crippen LogP contribution < -0.4 is 0 Å². The summed E-state index contributed by atoms with van der Waals surface area (Å²) in [6, 6.07) is 0. The van der Waals surface area contributed by atoms with Crippen molar-refractivity contribution in [2.75, 3.05) is 39.6 Å². The molecule has 0 saturated heterocycles. The number of aliphatic hydroxyl groups is 2. The predicted molar refractivity (Wildman–Crippen MR) is 463 cm³/mol. The zero-order valence-corrected chi connectivity index (χ0v) is 72.1. The SMILES string of the molecule is CC/C=C\C/C=C\C/C=C\C/C=C\C/C=C\C/C=C\CCCCCCCCCCCCCCC(=O)OCC(COP(=O)(O)OCC(O)COP(=O)(O)OCC(O)COC(=O)CCCCCCCCCCCCCCCCCCC/C=C\C/C=C\C/C=C\C/C=C\CCCCC)OC(=O)CCCCCCC/C=C\CCCC. The number of ether oxygens (including phenoxy) is 3. The molecule has 0 aromatic carbocycles. The summed E-state index contributed by atoms with van der Waals surface area (Å²) in [5, 5.41) is 20.7. The summed E-state index contributed by atoms with van der Waals surface area (Å²) >= 11 is 0. The van der Waals surface area contributed by atoms with E-state index in [4.69, 9.17) is 32.3 Å². The maximum atomic E-state index is 12.9. The third-order valence-electron chi connectivity index (χ3n) is 18.8. The number of allylic oxidation sites excluding steroid dienone is 22. The lowest BCUT2D eigenvalue weighted by Gasteiger charge is -2.21. The molecule has 111 heavy (non-hydrogen) atoms. The zero-order valence-electron chi connectivity index (χ0n) is 70.4. The molecule has 5 atom stereocenters. The summed E-state index contributed by atoms with van der Waals surface area (Å²) in [7, 11) is -9.79. The van der Waals surface area contributed by atoms with Crippen LogP contribution in [0.4, 0.5) is 0 Å². The van der Waals surface area contributed by atoms with Gasteiger partial charge in [-0.2, -0.15) is 0 Å². The molecule has 0 aliphatic rings. The lowest BCUT2D eigenvalue weighted by Crippen LogP contribution is -2.30. The zero-order chi connectivity index (χ0) is 80.8. The minimum atomic E-state index is -4.93. The minimum absolute atomic E-state index is 0.0930. The molecule has 16 nitrogen and oxygen atoms in total. The lowest BCUT2D eigenvalue weighted by atomic mass is 10.0. The highest BCUT2D eigenvalue weighted by molar-refractivity contribution is 7.47. The Morgan fingerprint density at radius 2 is 0.486 bits per heavy atom. The van der Waals surface area contributed by atoms with Gasteiger partial charge in [-0.1, -0.05) is 360 Å². The fourth-order valence-electron chi connectivity index (χ4n) is 12.1. The number of esters is 3. The van der Waals surface area contributed by atoms with E-state index in [0.717, 1.165) is 148 Å². The van der Waals surface area contributed by atoms with E-state index in [0.29, 0.717) is 19.3 Å². The van der Waals surface area contributed by atoms with Crippen molar-refractivity contribution < 1.29 is 75.8 Å². The number of unbranched alkanes of at least 4 members (excludes halogenated alkanes) is 39. The molecular formula is C93H162O16P2. The maximum absolute atomic E-state index is 12.9. The first kappa shape index (κ1) is 107. The third-order valence-corrected chi connectivity index (χ3v) is 20.7. The lowest BCUT2D eigenvalue weighted by molar-refractivity contribution is -0.161. The van der Waals surface area contributed by atoms with Gasteiger partial charge in [-0.05, 0) is 135 Å². The van der Waals surface area contributed by atoms with Crippen molar-refractivity contribution in [2.24, 2.45) is 0 Å². The molecule has 0 bridgehead atoms. The third kappa shape index (κ3) is 86.4. The fourth-order valence-corrected chi connectivity index (χ4v) is 13.7. The summed E-state index contributed by atoms with van der Waals surface area (Å²) in [4.78, 5) is 58.7. The van der Waals surface area contributed by atoms with Gasteiger partial charge in [-0.3, -0.25) is 32.5 Å². The molecule has 0 aromatic rings. The quantitative estimate of drug-likeness (QED) is 0.0146. The normalized spacial score (nSPS) is 14.5. The van der Waals surface area contributed by atoms with Crippen molar-refractivity contribution >= 4 is 33.6 Å². The van der Waals surface area contributed by atoms with E-state index in [1.54, 1.807) is 0 Å². The van der Waals surface area contributed by atoms with Gasteiger partial charge in [0.15, 0.2) is 6.10 Å². The second kappa shape index (κ2) is 85.1. The minimum Gasteiger partial charge on any atom is -0.463 e. The average Bonchev–Trinajstić information content (AvgIpc) is 0.901. The van der Waals surface area contributed by atoms with Crippen molar-refractivity contribution in [2.45, 2.75) is 399 Å². The van der Waals surface area contributed by atoms with E-state index in [9.17, 15) is 43.5 Å². The molecule has 0 radical (unpaired) electrons. The molecule has 4 N–H and O–H groups in total. The van der Waals surface area contributed by atoms with Crippen LogP contribution >= 0.6 is 15.6 Å². The summed E-state index contributed by atoms with van der Waals surface area (Å²) in [5.74, 6) is -1.58. The Morgan fingerprint density at radius 1 is 0.261 bits per heavy atom. The van der Waals surface area contributed by atoms with Crippen molar-refractivity contribution in [3.05, 3.63) is 134 Å². The highest BCUT2D eigenvalue weighted by atomic mass is 31.2. The number of aliphatic hydroxyl groups excluding tert-OH is 2. The molecule has 0 amide bonds. The van der Waals surface area contributed by atoms with Gasteiger partial charge in [0.1, 0.15) is 25.4 Å². The van der Waals surface area contributed by atoms with Gasteiger partial charge < -0.3 is 34.2 Å². The molecule has 0 fully saturated rings. The largest absolute Gasteiger partial charge is 0.472 e. The first-order chi connectivity index (χ1) is 54.2. The van der Waals surface area contributed by atoms with Crippen LogP contribution in [0.3, 0.4) is 0 Å². The number of phosphoric acid groups is 2. The molecule has 0 heterocycles. The number of carbonyl (C=O) groups excluding carboxylic acids is 3. The molecule has 0 aliphatic carbocycles. The van der Waals surface area contributed by atoms with Crippen molar-refractivity contribution in [1.82, 2.24) is 0 Å². The van der Waals surface area contributed by atoms with Gasteiger partial charge in [-0.15, -0.1) is 0 Å². The number of rotatable bonds is 84. The van der Waals surface area contributed by atoms with Crippen molar-refractivity contribution in [3.63, 3.8) is 0 Å². The maximum Gasteiger partial charge on any atom is 0.472 e. The molecule has 0 rings (SSSR count). The second-order valence-corrected chi connectivity index (χ2v) is 32.6. The Labute approximate surface area is 677 Å². The van der Waals surface area contributed by atoms with E-state index in [2.05, 4.69) is 154 Å².